The largest absolute Gasteiger partial charge is 0.485 e. The third-order valence-corrected chi connectivity index (χ3v) is 3.39. The van der Waals surface area contributed by atoms with E-state index < -0.39 is 6.09 Å². The zero-order chi connectivity index (χ0) is 15.8. The molecule has 0 heterocycles. The predicted octanol–water partition coefficient (Wildman–Crippen LogP) is 3.99. The third-order valence-electron chi connectivity index (χ3n) is 3.39. The smallest absolute Gasteiger partial charge is 0.404 e. The molecule has 2 rings (SSSR count). The van der Waals surface area contributed by atoms with E-state index in [2.05, 4.69) is 0 Å². The maximum absolute atomic E-state index is 10.6. The van der Waals surface area contributed by atoms with Crippen LogP contribution in [0.3, 0.4) is 0 Å². The Bertz CT molecular complexity index is 598. The predicted molar refractivity (Wildman–Crippen MR) is 85.8 cm³/mol. The molecule has 0 aliphatic carbocycles. The van der Waals surface area contributed by atoms with Crippen LogP contribution in [0.1, 0.15) is 30.1 Å². The summed E-state index contributed by atoms with van der Waals surface area (Å²) in [6, 6.07) is 18.0. The zero-order valence-corrected chi connectivity index (χ0v) is 12.7. The van der Waals surface area contributed by atoms with Crippen LogP contribution in [0.25, 0.3) is 0 Å². The summed E-state index contributed by atoms with van der Waals surface area (Å²) < 4.78 is 11.0. The molecular formula is C18H21NO3. The number of hydrogen-bond acceptors (Lipinski definition) is 3. The molecule has 0 bridgehead atoms. The van der Waals surface area contributed by atoms with Gasteiger partial charge in [-0.3, -0.25) is 0 Å². The maximum atomic E-state index is 10.6. The molecule has 2 aromatic rings. The molecule has 0 aliphatic heterocycles. The Morgan fingerprint density at radius 3 is 2.45 bits per heavy atom. The van der Waals surface area contributed by atoms with Gasteiger partial charge < -0.3 is 15.2 Å². The van der Waals surface area contributed by atoms with Crippen molar-refractivity contribution in [1.82, 2.24) is 0 Å². The fraction of sp³-hybridized carbons (Fsp3) is 0.278. The van der Waals surface area contributed by atoms with Crippen LogP contribution in [0.15, 0.2) is 54.6 Å². The molecule has 2 N–H and O–H groups in total. The Morgan fingerprint density at radius 1 is 1.09 bits per heavy atom. The highest BCUT2D eigenvalue weighted by Crippen LogP contribution is 2.28. The minimum atomic E-state index is -0.740. The summed E-state index contributed by atoms with van der Waals surface area (Å²) in [7, 11) is 0. The van der Waals surface area contributed by atoms with Crippen LogP contribution in [0.4, 0.5) is 4.79 Å². The number of primary amides is 1. The maximum Gasteiger partial charge on any atom is 0.404 e. The van der Waals surface area contributed by atoms with Crippen molar-refractivity contribution >= 4 is 6.09 Å². The first kappa shape index (κ1) is 15.9. The molecule has 1 amide bonds. The number of aryl methyl sites for hydroxylation is 1. The number of carbonyl (C=O) groups excluding carboxylic acids is 1. The second-order valence-electron chi connectivity index (χ2n) is 5.09. The topological polar surface area (TPSA) is 61.6 Å². The van der Waals surface area contributed by atoms with E-state index in [-0.39, 0.29) is 6.10 Å². The molecule has 0 spiro atoms. The first-order valence-electron chi connectivity index (χ1n) is 7.36. The molecule has 0 fully saturated rings. The van der Waals surface area contributed by atoms with Gasteiger partial charge >= 0.3 is 6.09 Å². The molecule has 1 atom stereocenters. The highest BCUT2D eigenvalue weighted by atomic mass is 16.5. The Morgan fingerprint density at radius 2 is 1.77 bits per heavy atom. The number of hydrogen-bond donors (Lipinski definition) is 1. The number of para-hydroxylation sites is 1. The number of amides is 1. The van der Waals surface area contributed by atoms with Gasteiger partial charge in [0.1, 0.15) is 11.9 Å². The van der Waals surface area contributed by atoms with Gasteiger partial charge in [0.2, 0.25) is 0 Å². The van der Waals surface area contributed by atoms with Crippen LogP contribution in [0.5, 0.6) is 5.75 Å². The number of carbonyl (C=O) groups is 1. The second kappa shape index (κ2) is 8.08. The van der Waals surface area contributed by atoms with Gasteiger partial charge in [-0.15, -0.1) is 0 Å². The molecule has 0 saturated carbocycles. The number of rotatable bonds is 7. The van der Waals surface area contributed by atoms with E-state index in [0.717, 1.165) is 23.3 Å². The summed E-state index contributed by atoms with van der Waals surface area (Å²) >= 11 is 0. The van der Waals surface area contributed by atoms with Crippen molar-refractivity contribution in [3.05, 3.63) is 65.7 Å². The molecule has 2 aromatic carbocycles. The third kappa shape index (κ3) is 4.81. The highest BCUT2D eigenvalue weighted by molar-refractivity contribution is 5.64. The standard InChI is InChI=1S/C18H21NO3/c1-14-8-5-6-11-16(14)22-17(12-7-13-21-18(19)20)15-9-3-2-4-10-15/h2-6,8-11,17H,7,12-13H2,1H3,(H2,19,20). The molecule has 0 aliphatic rings. The van der Waals surface area contributed by atoms with Crippen molar-refractivity contribution < 1.29 is 14.3 Å². The van der Waals surface area contributed by atoms with Gasteiger partial charge in [-0.1, -0.05) is 48.5 Å². The van der Waals surface area contributed by atoms with Crippen molar-refractivity contribution in [2.75, 3.05) is 6.61 Å². The van der Waals surface area contributed by atoms with Gasteiger partial charge in [0, 0.05) is 0 Å². The molecule has 22 heavy (non-hydrogen) atoms. The van der Waals surface area contributed by atoms with Crippen molar-refractivity contribution in [2.24, 2.45) is 5.73 Å². The lowest BCUT2D eigenvalue weighted by Crippen LogP contribution is -2.15. The minimum Gasteiger partial charge on any atom is -0.485 e. The lowest BCUT2D eigenvalue weighted by atomic mass is 10.0. The summed E-state index contributed by atoms with van der Waals surface area (Å²) in [6.07, 6.45) is 0.606. The fourth-order valence-corrected chi connectivity index (χ4v) is 2.24. The van der Waals surface area contributed by atoms with Crippen LogP contribution in [0.2, 0.25) is 0 Å². The number of benzene rings is 2. The van der Waals surface area contributed by atoms with E-state index >= 15 is 0 Å². The Kier molecular flexibility index (Phi) is 5.83. The lowest BCUT2D eigenvalue weighted by Gasteiger charge is -2.21. The highest BCUT2D eigenvalue weighted by Gasteiger charge is 2.14. The molecule has 1 unspecified atom stereocenters. The number of nitrogens with two attached hydrogens (primary N) is 1. The summed E-state index contributed by atoms with van der Waals surface area (Å²) in [6.45, 7) is 2.32. The molecule has 0 aromatic heterocycles. The van der Waals surface area contributed by atoms with Gasteiger partial charge in [-0.05, 0) is 37.0 Å². The summed E-state index contributed by atoms with van der Waals surface area (Å²) in [5.41, 5.74) is 7.17. The Balaban J connectivity index is 2.05. The summed E-state index contributed by atoms with van der Waals surface area (Å²) in [5, 5.41) is 0. The molecule has 0 radical (unpaired) electrons. The van der Waals surface area contributed by atoms with Crippen molar-refractivity contribution in [3.8, 4) is 5.75 Å². The summed E-state index contributed by atoms with van der Waals surface area (Å²) in [4.78, 5) is 10.6. The summed E-state index contributed by atoms with van der Waals surface area (Å²) in [5.74, 6) is 0.868. The lowest BCUT2D eigenvalue weighted by molar-refractivity contribution is 0.139. The van der Waals surface area contributed by atoms with Gasteiger partial charge in [-0.2, -0.15) is 0 Å². The van der Waals surface area contributed by atoms with Crippen molar-refractivity contribution in [1.29, 1.82) is 0 Å². The van der Waals surface area contributed by atoms with Crippen LogP contribution >= 0.6 is 0 Å². The normalized spacial score (nSPS) is 11.7. The SMILES string of the molecule is Cc1ccccc1OC(CCCOC(N)=O)c1ccccc1. The minimum absolute atomic E-state index is 0.0845. The molecule has 0 saturated heterocycles. The monoisotopic (exact) mass is 299 g/mol. The van der Waals surface area contributed by atoms with E-state index in [1.165, 1.54) is 0 Å². The first-order chi connectivity index (χ1) is 10.7. The van der Waals surface area contributed by atoms with E-state index in [9.17, 15) is 4.79 Å². The first-order valence-corrected chi connectivity index (χ1v) is 7.36. The van der Waals surface area contributed by atoms with Crippen molar-refractivity contribution in [2.45, 2.75) is 25.9 Å². The molecule has 116 valence electrons. The van der Waals surface area contributed by atoms with E-state index in [1.807, 2.05) is 61.5 Å². The Hall–Kier alpha value is -2.49. The van der Waals surface area contributed by atoms with E-state index in [1.54, 1.807) is 0 Å². The fourth-order valence-electron chi connectivity index (χ4n) is 2.24. The van der Waals surface area contributed by atoms with Crippen LogP contribution < -0.4 is 10.5 Å². The van der Waals surface area contributed by atoms with Gasteiger partial charge in [0.05, 0.1) is 6.61 Å². The van der Waals surface area contributed by atoms with Gasteiger partial charge in [0.15, 0.2) is 0 Å². The zero-order valence-electron chi connectivity index (χ0n) is 12.7. The van der Waals surface area contributed by atoms with E-state index in [0.29, 0.717) is 13.0 Å². The number of ether oxygens (including phenoxy) is 2. The van der Waals surface area contributed by atoms with Crippen LogP contribution in [-0.2, 0) is 4.74 Å². The average molecular weight is 299 g/mol. The van der Waals surface area contributed by atoms with Crippen molar-refractivity contribution in [3.63, 3.8) is 0 Å². The van der Waals surface area contributed by atoms with Crippen LogP contribution in [-0.4, -0.2) is 12.7 Å². The Labute approximate surface area is 130 Å². The molecule has 4 heteroatoms. The second-order valence-corrected chi connectivity index (χ2v) is 5.09. The average Bonchev–Trinajstić information content (AvgIpc) is 2.53. The van der Waals surface area contributed by atoms with Gasteiger partial charge in [-0.25, -0.2) is 4.79 Å². The molecular weight excluding hydrogens is 278 g/mol. The van der Waals surface area contributed by atoms with Gasteiger partial charge in [0.25, 0.3) is 0 Å². The van der Waals surface area contributed by atoms with E-state index in [4.69, 9.17) is 15.2 Å². The molecule has 4 nitrogen and oxygen atoms in total. The quantitative estimate of drug-likeness (QED) is 0.786. The van der Waals surface area contributed by atoms with Crippen LogP contribution in [0, 0.1) is 6.92 Å².